The fraction of sp³-hybridized carbons (Fsp3) is 0.722. The highest BCUT2D eigenvalue weighted by atomic mass is 32.1. The SMILES string of the molecule is CC1CN(C(=O)CCc2cccs2)CCC1(O)C1CCOCC1. The zero-order valence-electron chi connectivity index (χ0n) is 13.9. The molecule has 2 atom stereocenters. The molecule has 1 aromatic heterocycles. The highest BCUT2D eigenvalue weighted by molar-refractivity contribution is 7.09. The lowest BCUT2D eigenvalue weighted by Gasteiger charge is -2.48. The summed E-state index contributed by atoms with van der Waals surface area (Å²) in [6.07, 6.45) is 3.97. The second-order valence-corrected chi connectivity index (χ2v) is 7.98. The number of nitrogens with zero attached hydrogens (tertiary/aromatic N) is 1. The number of amides is 1. The summed E-state index contributed by atoms with van der Waals surface area (Å²) in [6.45, 7) is 4.96. The molecule has 2 saturated heterocycles. The molecule has 0 radical (unpaired) electrons. The number of piperidine rings is 1. The van der Waals surface area contributed by atoms with Crippen LogP contribution in [0, 0.1) is 11.8 Å². The van der Waals surface area contributed by atoms with Crippen molar-refractivity contribution in [3.8, 4) is 0 Å². The number of carbonyl (C=O) groups excluding carboxylic acids is 1. The minimum absolute atomic E-state index is 0.130. The van der Waals surface area contributed by atoms with Crippen molar-refractivity contribution in [3.63, 3.8) is 0 Å². The molecule has 128 valence electrons. The Hall–Kier alpha value is -0.910. The van der Waals surface area contributed by atoms with Gasteiger partial charge in [-0.3, -0.25) is 4.79 Å². The highest BCUT2D eigenvalue weighted by Gasteiger charge is 2.45. The van der Waals surface area contributed by atoms with E-state index < -0.39 is 5.60 Å². The zero-order valence-corrected chi connectivity index (χ0v) is 14.7. The Labute approximate surface area is 142 Å². The van der Waals surface area contributed by atoms with E-state index in [1.807, 2.05) is 11.0 Å². The van der Waals surface area contributed by atoms with Gasteiger partial charge >= 0.3 is 0 Å². The Kier molecular flexibility index (Phi) is 5.39. The van der Waals surface area contributed by atoms with E-state index in [0.29, 0.717) is 31.8 Å². The van der Waals surface area contributed by atoms with E-state index in [9.17, 15) is 9.90 Å². The van der Waals surface area contributed by atoms with Crippen molar-refractivity contribution in [3.05, 3.63) is 22.4 Å². The Morgan fingerprint density at radius 1 is 1.48 bits per heavy atom. The highest BCUT2D eigenvalue weighted by Crippen LogP contribution is 2.39. The van der Waals surface area contributed by atoms with E-state index in [4.69, 9.17) is 4.74 Å². The molecule has 0 aromatic carbocycles. The van der Waals surface area contributed by atoms with Crippen LogP contribution in [-0.2, 0) is 16.0 Å². The summed E-state index contributed by atoms with van der Waals surface area (Å²) in [4.78, 5) is 15.7. The minimum Gasteiger partial charge on any atom is -0.389 e. The van der Waals surface area contributed by atoms with Gasteiger partial charge in [-0.05, 0) is 43.0 Å². The minimum atomic E-state index is -0.631. The normalized spacial score (nSPS) is 29.7. The van der Waals surface area contributed by atoms with Gasteiger partial charge in [-0.15, -0.1) is 11.3 Å². The molecule has 1 aromatic rings. The maximum Gasteiger partial charge on any atom is 0.222 e. The van der Waals surface area contributed by atoms with Gasteiger partial charge in [0.25, 0.3) is 0 Å². The van der Waals surface area contributed by atoms with Gasteiger partial charge in [0.2, 0.25) is 5.91 Å². The smallest absolute Gasteiger partial charge is 0.222 e. The van der Waals surface area contributed by atoms with Crippen molar-refractivity contribution in [1.29, 1.82) is 0 Å². The molecule has 23 heavy (non-hydrogen) atoms. The number of hydrogen-bond acceptors (Lipinski definition) is 4. The number of likely N-dealkylation sites (tertiary alicyclic amines) is 1. The molecule has 0 saturated carbocycles. The van der Waals surface area contributed by atoms with Crippen LogP contribution in [0.1, 0.15) is 37.5 Å². The average Bonchev–Trinajstić information content (AvgIpc) is 3.09. The molecular formula is C18H27NO3S. The van der Waals surface area contributed by atoms with Crippen molar-refractivity contribution in [2.24, 2.45) is 11.8 Å². The molecule has 2 aliphatic rings. The van der Waals surface area contributed by atoms with Crippen molar-refractivity contribution >= 4 is 17.2 Å². The number of aryl methyl sites for hydroxylation is 1. The van der Waals surface area contributed by atoms with Crippen LogP contribution in [0.2, 0.25) is 0 Å². The van der Waals surface area contributed by atoms with Gasteiger partial charge in [-0.25, -0.2) is 0 Å². The molecular weight excluding hydrogens is 310 g/mol. The van der Waals surface area contributed by atoms with Gasteiger partial charge in [0.05, 0.1) is 5.60 Å². The number of hydrogen-bond donors (Lipinski definition) is 1. The molecule has 0 spiro atoms. The summed E-state index contributed by atoms with van der Waals surface area (Å²) < 4.78 is 5.42. The molecule has 4 nitrogen and oxygen atoms in total. The van der Waals surface area contributed by atoms with Crippen molar-refractivity contribution < 1.29 is 14.6 Å². The van der Waals surface area contributed by atoms with Crippen molar-refractivity contribution in [2.45, 2.75) is 44.6 Å². The van der Waals surface area contributed by atoms with E-state index >= 15 is 0 Å². The van der Waals surface area contributed by atoms with Gasteiger partial charge in [-0.1, -0.05) is 13.0 Å². The quantitative estimate of drug-likeness (QED) is 0.919. The lowest BCUT2D eigenvalue weighted by molar-refractivity contribution is -0.151. The van der Waals surface area contributed by atoms with Crippen LogP contribution >= 0.6 is 11.3 Å². The fourth-order valence-corrected chi connectivity index (χ4v) is 4.72. The monoisotopic (exact) mass is 337 g/mol. The molecule has 5 heteroatoms. The number of rotatable bonds is 4. The molecule has 3 heterocycles. The second-order valence-electron chi connectivity index (χ2n) is 6.95. The Balaban J connectivity index is 1.53. The molecule has 2 fully saturated rings. The maximum absolute atomic E-state index is 12.5. The summed E-state index contributed by atoms with van der Waals surface area (Å²) in [7, 11) is 0. The standard InChI is InChI=1S/C18H27NO3S/c1-14-13-19(17(20)5-4-16-3-2-12-23-16)9-8-18(14,21)15-6-10-22-11-7-15/h2-3,12,14-15,21H,4-11,13H2,1H3. The van der Waals surface area contributed by atoms with Crippen LogP contribution in [-0.4, -0.2) is 47.8 Å². The topological polar surface area (TPSA) is 49.8 Å². The fourth-order valence-electron chi connectivity index (χ4n) is 4.01. The summed E-state index contributed by atoms with van der Waals surface area (Å²) >= 11 is 1.71. The largest absolute Gasteiger partial charge is 0.389 e. The molecule has 3 rings (SSSR count). The number of carbonyl (C=O) groups is 1. The lowest BCUT2D eigenvalue weighted by atomic mass is 9.70. The Morgan fingerprint density at radius 3 is 2.91 bits per heavy atom. The van der Waals surface area contributed by atoms with Gasteiger partial charge in [0, 0.05) is 43.5 Å². The van der Waals surface area contributed by atoms with Gasteiger partial charge in [-0.2, -0.15) is 0 Å². The third kappa shape index (κ3) is 3.78. The molecule has 1 N–H and O–H groups in total. The third-order valence-corrected chi connectivity index (χ3v) is 6.51. The van der Waals surface area contributed by atoms with Crippen LogP contribution in [0.15, 0.2) is 17.5 Å². The maximum atomic E-state index is 12.5. The molecule has 0 bridgehead atoms. The first-order valence-corrected chi connectivity index (χ1v) is 9.58. The summed E-state index contributed by atoms with van der Waals surface area (Å²) in [5.74, 6) is 0.666. The average molecular weight is 337 g/mol. The van der Waals surface area contributed by atoms with E-state index in [0.717, 1.165) is 32.5 Å². The molecule has 2 aliphatic heterocycles. The molecule has 1 amide bonds. The van der Waals surface area contributed by atoms with Crippen molar-refractivity contribution in [2.75, 3.05) is 26.3 Å². The number of thiophene rings is 1. The zero-order chi connectivity index (χ0) is 16.3. The van der Waals surface area contributed by atoms with E-state index in [2.05, 4.69) is 18.4 Å². The predicted molar refractivity (Wildman–Crippen MR) is 91.5 cm³/mol. The molecule has 0 aliphatic carbocycles. The van der Waals surface area contributed by atoms with Crippen LogP contribution < -0.4 is 0 Å². The van der Waals surface area contributed by atoms with Gasteiger partial charge in [0.15, 0.2) is 0 Å². The van der Waals surface area contributed by atoms with Crippen LogP contribution in [0.3, 0.4) is 0 Å². The number of ether oxygens (including phenoxy) is 1. The van der Waals surface area contributed by atoms with Crippen molar-refractivity contribution in [1.82, 2.24) is 4.90 Å². The van der Waals surface area contributed by atoms with Gasteiger partial charge < -0.3 is 14.7 Å². The summed E-state index contributed by atoms with van der Waals surface area (Å²) in [5.41, 5.74) is -0.631. The Bertz CT molecular complexity index is 512. The summed E-state index contributed by atoms with van der Waals surface area (Å²) in [5, 5.41) is 13.2. The first-order chi connectivity index (χ1) is 11.1. The first-order valence-electron chi connectivity index (χ1n) is 8.70. The predicted octanol–water partition coefficient (Wildman–Crippen LogP) is 2.71. The first kappa shape index (κ1) is 16.9. The van der Waals surface area contributed by atoms with Crippen LogP contribution in [0.4, 0.5) is 0 Å². The lowest BCUT2D eigenvalue weighted by Crippen LogP contribution is -2.56. The third-order valence-electron chi connectivity index (χ3n) is 5.58. The summed E-state index contributed by atoms with van der Waals surface area (Å²) in [6, 6.07) is 4.11. The van der Waals surface area contributed by atoms with Gasteiger partial charge in [0.1, 0.15) is 0 Å². The second kappa shape index (κ2) is 7.32. The number of aliphatic hydroxyl groups is 1. The van der Waals surface area contributed by atoms with Crippen LogP contribution in [0.25, 0.3) is 0 Å². The van der Waals surface area contributed by atoms with Crippen LogP contribution in [0.5, 0.6) is 0 Å². The van der Waals surface area contributed by atoms with E-state index in [1.165, 1.54) is 4.88 Å². The molecule has 2 unspecified atom stereocenters. The van der Waals surface area contributed by atoms with E-state index in [1.54, 1.807) is 11.3 Å². The Morgan fingerprint density at radius 2 is 2.26 bits per heavy atom. The van der Waals surface area contributed by atoms with E-state index in [-0.39, 0.29) is 11.8 Å².